The first-order valence-electron chi connectivity index (χ1n) is 9.83. The van der Waals surface area contributed by atoms with Gasteiger partial charge in [-0.3, -0.25) is 0 Å². The summed E-state index contributed by atoms with van der Waals surface area (Å²) in [5.74, 6) is 0. The molecule has 1 unspecified atom stereocenters. The molecule has 0 aromatic heterocycles. The lowest BCUT2D eigenvalue weighted by atomic mass is 9.84. The summed E-state index contributed by atoms with van der Waals surface area (Å²) in [6.45, 7) is 4.33. The molecule has 1 nitrogen and oxygen atoms in total. The maximum absolute atomic E-state index is 5.85. The monoisotopic (exact) mass is 391 g/mol. The van der Waals surface area contributed by atoms with Gasteiger partial charge < -0.3 is 4.43 Å². The average molecular weight is 392 g/mol. The minimum atomic E-state index is -0.216. The van der Waals surface area contributed by atoms with E-state index in [1.807, 2.05) is 18.2 Å². The molecule has 4 rings (SSSR count). The van der Waals surface area contributed by atoms with E-state index < -0.39 is 0 Å². The Hall–Kier alpha value is -2.94. The van der Waals surface area contributed by atoms with Gasteiger partial charge in [0, 0.05) is 0 Å². The number of benzene rings is 4. The van der Waals surface area contributed by atoms with E-state index in [4.69, 9.17) is 4.43 Å². The second-order valence-electron chi connectivity index (χ2n) is 7.31. The van der Waals surface area contributed by atoms with E-state index in [2.05, 4.69) is 103 Å². The normalized spacial score (nSPS) is 12.0. The molecule has 0 aliphatic rings. The predicted molar refractivity (Wildman–Crippen MR) is 122 cm³/mol. The highest BCUT2D eigenvalue weighted by Gasteiger charge is 2.22. The van der Waals surface area contributed by atoms with Crippen LogP contribution >= 0.6 is 0 Å². The quantitative estimate of drug-likeness (QED) is 0.339. The van der Waals surface area contributed by atoms with E-state index in [1.54, 1.807) is 0 Å². The highest BCUT2D eigenvalue weighted by atomic mass is 28.2. The van der Waals surface area contributed by atoms with Crippen molar-refractivity contribution in [1.29, 1.82) is 0 Å². The molecule has 0 saturated heterocycles. The molecule has 0 N–H and O–H groups in total. The van der Waals surface area contributed by atoms with Gasteiger partial charge in [-0.2, -0.15) is 0 Å². The van der Waals surface area contributed by atoms with Gasteiger partial charge >= 0.3 is 0 Å². The molecule has 0 saturated carbocycles. The maximum atomic E-state index is 5.85. The molecule has 0 aliphatic heterocycles. The zero-order valence-corrected chi connectivity index (χ0v) is 17.7. The van der Waals surface area contributed by atoms with Gasteiger partial charge in [0.15, 0.2) is 0 Å². The summed E-state index contributed by atoms with van der Waals surface area (Å²) in [4.78, 5) is 0. The fraction of sp³-hybridized carbons (Fsp3) is 0.111. The summed E-state index contributed by atoms with van der Waals surface area (Å²) in [5, 5.41) is 0. The topological polar surface area (TPSA) is 9.23 Å². The van der Waals surface area contributed by atoms with Crippen LogP contribution < -0.4 is 0 Å². The number of aryl methyl sites for hydroxylation is 2. The van der Waals surface area contributed by atoms with Crippen LogP contribution in [0.25, 0.3) is 22.3 Å². The Morgan fingerprint density at radius 1 is 0.586 bits per heavy atom. The van der Waals surface area contributed by atoms with Crippen LogP contribution in [0.1, 0.15) is 28.4 Å². The molecule has 0 bridgehead atoms. The molecule has 0 aliphatic carbocycles. The third kappa shape index (κ3) is 3.82. The van der Waals surface area contributed by atoms with Gasteiger partial charge in [0.2, 0.25) is 10.5 Å². The van der Waals surface area contributed by atoms with Gasteiger partial charge in [-0.05, 0) is 58.4 Å². The Morgan fingerprint density at radius 2 is 1.14 bits per heavy atom. The van der Waals surface area contributed by atoms with E-state index in [1.165, 1.54) is 33.4 Å². The second kappa shape index (κ2) is 8.60. The summed E-state index contributed by atoms with van der Waals surface area (Å²) < 4.78 is 5.85. The molecule has 4 aromatic rings. The largest absolute Gasteiger partial charge is 0.408 e. The van der Waals surface area contributed by atoms with Crippen LogP contribution in [0.15, 0.2) is 97.1 Å². The standard InChI is InChI=1S/C27H23OSi/c1-19-11-6-8-15-22(19)24-17-10-18-25(26(24)23-16-9-7-12-20(23)2)27(28-29)21-13-4-3-5-14-21/h3-18,27H,1-2H3. The molecular formula is C27H23OSi. The highest BCUT2D eigenvalue weighted by Crippen LogP contribution is 2.42. The Morgan fingerprint density at radius 3 is 1.76 bits per heavy atom. The summed E-state index contributed by atoms with van der Waals surface area (Å²) in [6.07, 6.45) is -0.216. The van der Waals surface area contributed by atoms with Crippen LogP contribution in [0.4, 0.5) is 0 Å². The minimum absolute atomic E-state index is 0.216. The van der Waals surface area contributed by atoms with Gasteiger partial charge in [0.05, 0.1) is 6.10 Å². The SMILES string of the molecule is Cc1ccccc1-c1cccc(C(O[Si])c2ccccc2)c1-c1ccccc1C. The zero-order valence-electron chi connectivity index (χ0n) is 16.7. The van der Waals surface area contributed by atoms with Crippen molar-refractivity contribution in [3.8, 4) is 22.3 Å². The molecular weight excluding hydrogens is 368 g/mol. The number of hydrogen-bond acceptors (Lipinski definition) is 1. The predicted octanol–water partition coefficient (Wildman–Crippen LogP) is 6.83. The highest BCUT2D eigenvalue weighted by molar-refractivity contribution is 5.98. The maximum Gasteiger partial charge on any atom is 0.247 e. The van der Waals surface area contributed by atoms with Gasteiger partial charge in [0.1, 0.15) is 0 Å². The molecule has 3 radical (unpaired) electrons. The van der Waals surface area contributed by atoms with Crippen LogP contribution in [0.3, 0.4) is 0 Å². The van der Waals surface area contributed by atoms with Crippen LogP contribution in [0.2, 0.25) is 0 Å². The molecule has 0 heterocycles. The molecule has 1 atom stereocenters. The van der Waals surface area contributed by atoms with Crippen molar-refractivity contribution in [2.75, 3.05) is 0 Å². The van der Waals surface area contributed by atoms with Gasteiger partial charge in [-0.1, -0.05) is 97.1 Å². The first-order chi connectivity index (χ1) is 14.2. The molecule has 0 fully saturated rings. The van der Waals surface area contributed by atoms with Crippen LogP contribution in [0, 0.1) is 13.8 Å². The van der Waals surface area contributed by atoms with Crippen molar-refractivity contribution in [2.24, 2.45) is 0 Å². The fourth-order valence-corrected chi connectivity index (χ4v) is 4.24. The zero-order chi connectivity index (χ0) is 20.2. The Bertz CT molecular complexity index is 1120. The summed E-state index contributed by atoms with van der Waals surface area (Å²) >= 11 is 0. The lowest BCUT2D eigenvalue weighted by Gasteiger charge is -2.24. The minimum Gasteiger partial charge on any atom is -0.408 e. The summed E-state index contributed by atoms with van der Waals surface area (Å²) in [5.41, 5.74) is 9.66. The fourth-order valence-electron chi connectivity index (χ4n) is 3.98. The van der Waals surface area contributed by atoms with Crippen LogP contribution in [-0.2, 0) is 4.43 Å². The molecule has 0 spiro atoms. The molecule has 29 heavy (non-hydrogen) atoms. The molecule has 141 valence electrons. The third-order valence-corrected chi connectivity index (χ3v) is 5.68. The van der Waals surface area contributed by atoms with Crippen molar-refractivity contribution in [1.82, 2.24) is 0 Å². The van der Waals surface area contributed by atoms with Gasteiger partial charge in [-0.15, -0.1) is 0 Å². The van der Waals surface area contributed by atoms with Crippen LogP contribution in [-0.4, -0.2) is 10.5 Å². The van der Waals surface area contributed by atoms with Crippen molar-refractivity contribution in [3.05, 3.63) is 119 Å². The number of hydrogen-bond donors (Lipinski definition) is 0. The van der Waals surface area contributed by atoms with E-state index in [0.717, 1.165) is 11.1 Å². The summed E-state index contributed by atoms with van der Waals surface area (Å²) in [7, 11) is 3.37. The van der Waals surface area contributed by atoms with Crippen molar-refractivity contribution in [3.63, 3.8) is 0 Å². The lowest BCUT2D eigenvalue weighted by Crippen LogP contribution is -2.07. The molecule has 2 heteroatoms. The van der Waals surface area contributed by atoms with E-state index in [-0.39, 0.29) is 6.10 Å². The Balaban J connectivity index is 2.03. The first kappa shape index (κ1) is 19.4. The Labute approximate surface area is 176 Å². The number of rotatable bonds is 5. The molecule has 4 aromatic carbocycles. The van der Waals surface area contributed by atoms with Crippen molar-refractivity contribution < 1.29 is 4.43 Å². The average Bonchev–Trinajstić information content (AvgIpc) is 2.76. The van der Waals surface area contributed by atoms with Gasteiger partial charge in [0.25, 0.3) is 0 Å². The summed E-state index contributed by atoms with van der Waals surface area (Å²) in [6, 6.07) is 33.9. The van der Waals surface area contributed by atoms with E-state index >= 15 is 0 Å². The van der Waals surface area contributed by atoms with Crippen molar-refractivity contribution in [2.45, 2.75) is 20.0 Å². The smallest absolute Gasteiger partial charge is 0.247 e. The second-order valence-corrected chi connectivity index (χ2v) is 7.54. The van der Waals surface area contributed by atoms with Gasteiger partial charge in [-0.25, -0.2) is 0 Å². The lowest BCUT2D eigenvalue weighted by molar-refractivity contribution is 0.274. The van der Waals surface area contributed by atoms with Crippen LogP contribution in [0.5, 0.6) is 0 Å². The van der Waals surface area contributed by atoms with Crippen molar-refractivity contribution >= 4 is 10.5 Å². The van der Waals surface area contributed by atoms with E-state index in [9.17, 15) is 0 Å². The Kier molecular flexibility index (Phi) is 5.75. The first-order valence-corrected chi connectivity index (χ1v) is 10.2. The molecule has 0 amide bonds. The van der Waals surface area contributed by atoms with E-state index in [0.29, 0.717) is 0 Å². The third-order valence-electron chi connectivity index (χ3n) is 5.45.